The van der Waals surface area contributed by atoms with Gasteiger partial charge in [0.05, 0.1) is 12.7 Å². The number of carboxylic acid groups (broad SMARTS) is 1. The molecule has 0 aliphatic heterocycles. The molecular formula is C24H31F4NO3. The number of methoxy groups -OCH3 is 1. The van der Waals surface area contributed by atoms with Crippen molar-refractivity contribution in [3.8, 4) is 5.75 Å². The number of carbonyl (C=O) groups is 1. The lowest BCUT2D eigenvalue weighted by Gasteiger charge is -2.11. The minimum absolute atomic E-state index is 0.0207. The molecule has 1 fully saturated rings. The summed E-state index contributed by atoms with van der Waals surface area (Å²) >= 11 is 0. The molecule has 1 atom stereocenters. The summed E-state index contributed by atoms with van der Waals surface area (Å²) in [5.41, 5.74) is 5.72. The smallest absolute Gasteiger partial charge is 0.416 e. The van der Waals surface area contributed by atoms with Crippen LogP contribution >= 0.6 is 0 Å². The summed E-state index contributed by atoms with van der Waals surface area (Å²) in [6.07, 6.45) is 2.67. The monoisotopic (exact) mass is 457 g/mol. The van der Waals surface area contributed by atoms with Crippen molar-refractivity contribution in [2.75, 3.05) is 7.11 Å². The van der Waals surface area contributed by atoms with Crippen LogP contribution in [0, 0.1) is 5.82 Å². The number of hydrogen-bond donors (Lipinski definition) is 2. The first-order valence-electron chi connectivity index (χ1n) is 10.5. The molecular weight excluding hydrogens is 426 g/mol. The van der Waals surface area contributed by atoms with Gasteiger partial charge in [0.25, 0.3) is 0 Å². The van der Waals surface area contributed by atoms with Crippen LogP contribution in [0.3, 0.4) is 0 Å². The summed E-state index contributed by atoms with van der Waals surface area (Å²) in [5, 5.41) is 8.39. The summed E-state index contributed by atoms with van der Waals surface area (Å²) < 4.78 is 54.9. The molecule has 4 nitrogen and oxygen atoms in total. The van der Waals surface area contributed by atoms with Crippen molar-refractivity contribution in [1.82, 2.24) is 0 Å². The van der Waals surface area contributed by atoms with Crippen molar-refractivity contribution in [2.45, 2.75) is 64.1 Å². The molecule has 1 aliphatic carbocycles. The molecule has 32 heavy (non-hydrogen) atoms. The second kappa shape index (κ2) is 13.7. The molecule has 2 aromatic carbocycles. The molecule has 0 aromatic heterocycles. The van der Waals surface area contributed by atoms with E-state index in [4.69, 9.17) is 15.6 Å². The molecule has 178 valence electrons. The van der Waals surface area contributed by atoms with Gasteiger partial charge in [0, 0.05) is 24.1 Å². The van der Waals surface area contributed by atoms with Gasteiger partial charge in [-0.3, -0.25) is 4.79 Å². The van der Waals surface area contributed by atoms with Gasteiger partial charge in [-0.25, -0.2) is 4.39 Å². The van der Waals surface area contributed by atoms with E-state index in [0.29, 0.717) is 5.75 Å². The second-order valence-corrected chi connectivity index (χ2v) is 7.49. The fourth-order valence-corrected chi connectivity index (χ4v) is 3.20. The van der Waals surface area contributed by atoms with Gasteiger partial charge in [-0.05, 0) is 31.0 Å². The predicted molar refractivity (Wildman–Crippen MR) is 116 cm³/mol. The van der Waals surface area contributed by atoms with Gasteiger partial charge >= 0.3 is 12.1 Å². The van der Waals surface area contributed by atoms with Crippen LogP contribution in [0.4, 0.5) is 17.6 Å². The first-order chi connectivity index (χ1) is 15.1. The molecule has 8 heteroatoms. The Kier molecular flexibility index (Phi) is 11.8. The first-order valence-corrected chi connectivity index (χ1v) is 10.5. The van der Waals surface area contributed by atoms with E-state index in [9.17, 15) is 22.4 Å². The fourth-order valence-electron chi connectivity index (χ4n) is 3.20. The topological polar surface area (TPSA) is 72.5 Å². The van der Waals surface area contributed by atoms with Gasteiger partial charge in [0.1, 0.15) is 11.6 Å². The lowest BCUT2D eigenvalue weighted by Crippen LogP contribution is -2.10. The van der Waals surface area contributed by atoms with Gasteiger partial charge in [0.15, 0.2) is 0 Å². The number of halogens is 4. The highest BCUT2D eigenvalue weighted by molar-refractivity contribution is 5.67. The molecule has 3 N–H and O–H groups in total. The van der Waals surface area contributed by atoms with Crippen molar-refractivity contribution in [2.24, 2.45) is 5.73 Å². The number of aliphatic carboxylic acids is 1. The summed E-state index contributed by atoms with van der Waals surface area (Å²) in [6, 6.07) is 9.21. The highest BCUT2D eigenvalue weighted by atomic mass is 19.4. The SMILES string of the molecule is C1CCCC1.COc1cc(F)ccc1C(C)N.O=C(O)CCc1ccccc1C(F)(F)F. The van der Waals surface area contributed by atoms with Crippen molar-refractivity contribution in [3.63, 3.8) is 0 Å². The average Bonchev–Trinajstić information content (AvgIpc) is 3.32. The van der Waals surface area contributed by atoms with Gasteiger partial charge in [0.2, 0.25) is 0 Å². The molecule has 1 unspecified atom stereocenters. The Morgan fingerprint density at radius 3 is 2.12 bits per heavy atom. The Bertz CT molecular complexity index is 827. The van der Waals surface area contributed by atoms with E-state index in [1.807, 2.05) is 6.92 Å². The summed E-state index contributed by atoms with van der Waals surface area (Å²) in [7, 11) is 1.50. The molecule has 0 spiro atoms. The van der Waals surface area contributed by atoms with Crippen LogP contribution in [-0.2, 0) is 17.4 Å². The van der Waals surface area contributed by atoms with E-state index in [-0.39, 0.29) is 30.3 Å². The molecule has 0 saturated heterocycles. The zero-order chi connectivity index (χ0) is 24.1. The second-order valence-electron chi connectivity index (χ2n) is 7.49. The van der Waals surface area contributed by atoms with E-state index < -0.39 is 17.7 Å². The van der Waals surface area contributed by atoms with Crippen LogP contribution in [0.2, 0.25) is 0 Å². The largest absolute Gasteiger partial charge is 0.496 e. The lowest BCUT2D eigenvalue weighted by atomic mass is 10.0. The van der Waals surface area contributed by atoms with Crippen molar-refractivity contribution in [3.05, 3.63) is 65.0 Å². The number of carboxylic acids is 1. The zero-order valence-corrected chi connectivity index (χ0v) is 18.4. The minimum atomic E-state index is -4.42. The maximum atomic E-state index is 12.7. The van der Waals surface area contributed by atoms with Crippen LogP contribution in [0.1, 0.15) is 68.2 Å². The maximum Gasteiger partial charge on any atom is 0.416 e. The molecule has 1 aliphatic rings. The molecule has 2 aromatic rings. The van der Waals surface area contributed by atoms with E-state index >= 15 is 0 Å². The van der Waals surface area contributed by atoms with Gasteiger partial charge < -0.3 is 15.6 Å². The Morgan fingerprint density at radius 1 is 1.09 bits per heavy atom. The van der Waals surface area contributed by atoms with E-state index in [1.54, 1.807) is 6.07 Å². The molecule has 0 heterocycles. The standard InChI is InChI=1S/C10H9F3O2.C9H12FNO.C5H10/c11-10(12,13)8-4-2-1-3-7(8)5-6-9(14)15;1-6(11)8-4-3-7(10)5-9(8)12-2;1-2-4-5-3-1/h1-4H,5-6H2,(H,14,15);3-6H,11H2,1-2H3;1-5H2. The highest BCUT2D eigenvalue weighted by Crippen LogP contribution is 2.32. The number of aryl methyl sites for hydroxylation is 1. The van der Waals surface area contributed by atoms with Gasteiger partial charge in [-0.1, -0.05) is 56.4 Å². The molecule has 3 rings (SSSR count). The van der Waals surface area contributed by atoms with Crippen LogP contribution in [0.5, 0.6) is 5.75 Å². The number of alkyl halides is 3. The molecule has 0 radical (unpaired) electrons. The Hall–Kier alpha value is -2.61. The maximum absolute atomic E-state index is 12.7. The van der Waals surface area contributed by atoms with E-state index in [1.165, 1.54) is 69.5 Å². The number of rotatable bonds is 5. The van der Waals surface area contributed by atoms with Crippen LogP contribution in [0.15, 0.2) is 42.5 Å². The Morgan fingerprint density at radius 2 is 1.66 bits per heavy atom. The number of hydrogen-bond acceptors (Lipinski definition) is 3. The fraction of sp³-hybridized carbons (Fsp3) is 0.458. The number of ether oxygens (including phenoxy) is 1. The highest BCUT2D eigenvalue weighted by Gasteiger charge is 2.32. The summed E-state index contributed by atoms with van der Waals surface area (Å²) in [5.74, 6) is -0.909. The van der Waals surface area contributed by atoms with Crippen LogP contribution < -0.4 is 10.5 Å². The third-order valence-corrected chi connectivity index (χ3v) is 4.87. The van der Waals surface area contributed by atoms with E-state index in [2.05, 4.69) is 0 Å². The predicted octanol–water partition coefficient (Wildman–Crippen LogP) is 6.53. The summed E-state index contributed by atoms with van der Waals surface area (Å²) in [4.78, 5) is 10.3. The quantitative estimate of drug-likeness (QED) is 0.501. The summed E-state index contributed by atoms with van der Waals surface area (Å²) in [6.45, 7) is 1.83. The van der Waals surface area contributed by atoms with Crippen molar-refractivity contribution < 1.29 is 32.2 Å². The Labute approximate surface area is 186 Å². The van der Waals surface area contributed by atoms with Crippen LogP contribution in [0.25, 0.3) is 0 Å². The lowest BCUT2D eigenvalue weighted by molar-refractivity contribution is -0.140. The number of nitrogens with two attached hydrogens (primary N) is 1. The van der Waals surface area contributed by atoms with Gasteiger partial charge in [-0.15, -0.1) is 0 Å². The third-order valence-electron chi connectivity index (χ3n) is 4.87. The molecule has 0 amide bonds. The van der Waals surface area contributed by atoms with Crippen molar-refractivity contribution in [1.29, 1.82) is 0 Å². The van der Waals surface area contributed by atoms with E-state index in [0.717, 1.165) is 11.6 Å². The van der Waals surface area contributed by atoms with Crippen molar-refractivity contribution >= 4 is 5.97 Å². The molecule has 0 bridgehead atoms. The minimum Gasteiger partial charge on any atom is -0.496 e. The zero-order valence-electron chi connectivity index (χ0n) is 18.4. The average molecular weight is 458 g/mol. The van der Waals surface area contributed by atoms with Crippen LogP contribution in [-0.4, -0.2) is 18.2 Å². The van der Waals surface area contributed by atoms with Gasteiger partial charge in [-0.2, -0.15) is 13.2 Å². The third kappa shape index (κ3) is 10.1. The number of benzene rings is 2. The Balaban J connectivity index is 0.000000267. The first kappa shape index (κ1) is 27.4. The normalized spacial score (nSPS) is 13.8. The molecule has 1 saturated carbocycles.